The first-order valence-electron chi connectivity index (χ1n) is 4.87. The van der Waals surface area contributed by atoms with Crippen molar-refractivity contribution in [2.45, 2.75) is 6.92 Å². The molecule has 0 fully saturated rings. The van der Waals surface area contributed by atoms with Gasteiger partial charge < -0.3 is 10.5 Å². The van der Waals surface area contributed by atoms with Gasteiger partial charge in [0.1, 0.15) is 10.9 Å². The number of anilines is 1. The summed E-state index contributed by atoms with van der Waals surface area (Å²) in [6.45, 7) is 2.29. The molecule has 0 saturated carbocycles. The highest BCUT2D eigenvalue weighted by Gasteiger charge is 2.09. The quantitative estimate of drug-likeness (QED) is 0.881. The van der Waals surface area contributed by atoms with Gasteiger partial charge in [-0.2, -0.15) is 20.2 Å². The molecule has 2 aromatic rings. The zero-order valence-corrected chi connectivity index (χ0v) is 9.86. The number of nitriles is 1. The number of nitrogens with zero attached hydrogens (tertiary/aromatic N) is 4. The Hall–Kier alpha value is -2.20. The summed E-state index contributed by atoms with van der Waals surface area (Å²) in [6.07, 6.45) is 0. The second-order valence-corrected chi connectivity index (χ2v) is 4.09. The number of thiophene rings is 1. The van der Waals surface area contributed by atoms with Crippen LogP contribution in [0.25, 0.3) is 10.7 Å². The maximum Gasteiger partial charge on any atom is 0.321 e. The van der Waals surface area contributed by atoms with Crippen LogP contribution in [0.4, 0.5) is 5.95 Å². The Labute approximate surface area is 102 Å². The van der Waals surface area contributed by atoms with E-state index in [0.29, 0.717) is 17.3 Å². The number of hydrogen-bond acceptors (Lipinski definition) is 7. The highest BCUT2D eigenvalue weighted by atomic mass is 32.1. The van der Waals surface area contributed by atoms with Gasteiger partial charge in [-0.15, -0.1) is 11.3 Å². The lowest BCUT2D eigenvalue weighted by Crippen LogP contribution is -2.04. The number of aromatic nitrogens is 3. The summed E-state index contributed by atoms with van der Waals surface area (Å²) in [5, 5.41) is 8.75. The summed E-state index contributed by atoms with van der Waals surface area (Å²) in [7, 11) is 0. The van der Waals surface area contributed by atoms with Crippen LogP contribution in [0.3, 0.4) is 0 Å². The average Bonchev–Trinajstić information content (AvgIpc) is 2.77. The van der Waals surface area contributed by atoms with Gasteiger partial charge in [0.2, 0.25) is 5.95 Å². The molecular weight excluding hydrogens is 238 g/mol. The maximum absolute atomic E-state index is 8.75. The Kier molecular flexibility index (Phi) is 3.16. The SMILES string of the molecule is CCOc1nc(N)nc(-c2ccc(C#N)s2)n1. The van der Waals surface area contributed by atoms with Gasteiger partial charge in [-0.25, -0.2) is 0 Å². The van der Waals surface area contributed by atoms with E-state index >= 15 is 0 Å². The third kappa shape index (κ3) is 2.49. The van der Waals surface area contributed by atoms with Crippen LogP contribution in [0.1, 0.15) is 11.8 Å². The van der Waals surface area contributed by atoms with Crippen LogP contribution in [0, 0.1) is 11.3 Å². The highest BCUT2D eigenvalue weighted by molar-refractivity contribution is 7.15. The molecule has 0 amide bonds. The molecule has 6 nitrogen and oxygen atoms in total. The number of nitrogen functional groups attached to an aromatic ring is 1. The van der Waals surface area contributed by atoms with Crippen molar-refractivity contribution < 1.29 is 4.74 Å². The summed E-state index contributed by atoms with van der Waals surface area (Å²) >= 11 is 1.30. The number of hydrogen-bond donors (Lipinski definition) is 1. The lowest BCUT2D eigenvalue weighted by molar-refractivity contribution is 0.312. The van der Waals surface area contributed by atoms with E-state index < -0.39 is 0 Å². The lowest BCUT2D eigenvalue weighted by atomic mass is 10.4. The molecule has 2 rings (SSSR count). The Balaban J connectivity index is 2.41. The number of ether oxygens (including phenoxy) is 1. The van der Waals surface area contributed by atoms with E-state index in [9.17, 15) is 0 Å². The maximum atomic E-state index is 8.75. The highest BCUT2D eigenvalue weighted by Crippen LogP contribution is 2.26. The molecule has 7 heteroatoms. The molecule has 2 heterocycles. The van der Waals surface area contributed by atoms with Crippen molar-refractivity contribution in [1.29, 1.82) is 5.26 Å². The van der Waals surface area contributed by atoms with E-state index in [4.69, 9.17) is 15.7 Å². The zero-order chi connectivity index (χ0) is 12.3. The predicted octanol–water partition coefficient (Wildman–Crippen LogP) is 1.45. The minimum Gasteiger partial charge on any atom is -0.464 e. The summed E-state index contributed by atoms with van der Waals surface area (Å²) in [6, 6.07) is 5.73. The Morgan fingerprint density at radius 2 is 2.24 bits per heavy atom. The largest absolute Gasteiger partial charge is 0.464 e. The third-order valence-corrected chi connectivity index (χ3v) is 2.83. The Morgan fingerprint density at radius 1 is 1.41 bits per heavy atom. The van der Waals surface area contributed by atoms with Gasteiger partial charge in [0, 0.05) is 0 Å². The van der Waals surface area contributed by atoms with Crippen LogP contribution in [-0.4, -0.2) is 21.6 Å². The molecule has 0 aromatic carbocycles. The van der Waals surface area contributed by atoms with Gasteiger partial charge in [-0.1, -0.05) is 0 Å². The van der Waals surface area contributed by atoms with E-state index in [1.807, 2.05) is 6.92 Å². The first-order valence-corrected chi connectivity index (χ1v) is 5.69. The fourth-order valence-corrected chi connectivity index (χ4v) is 1.93. The van der Waals surface area contributed by atoms with Crippen molar-refractivity contribution in [3.05, 3.63) is 17.0 Å². The fourth-order valence-electron chi connectivity index (χ4n) is 1.19. The molecule has 17 heavy (non-hydrogen) atoms. The van der Waals surface area contributed by atoms with Crippen LogP contribution in [0.5, 0.6) is 6.01 Å². The molecule has 86 valence electrons. The van der Waals surface area contributed by atoms with E-state index in [2.05, 4.69) is 21.0 Å². The van der Waals surface area contributed by atoms with Crippen LogP contribution in [0.2, 0.25) is 0 Å². The van der Waals surface area contributed by atoms with E-state index in [1.54, 1.807) is 12.1 Å². The first-order chi connectivity index (χ1) is 8.22. The van der Waals surface area contributed by atoms with Gasteiger partial charge in [-0.3, -0.25) is 0 Å². The third-order valence-electron chi connectivity index (χ3n) is 1.84. The summed E-state index contributed by atoms with van der Waals surface area (Å²) in [4.78, 5) is 13.3. The number of rotatable bonds is 3. The molecule has 2 N–H and O–H groups in total. The van der Waals surface area contributed by atoms with Gasteiger partial charge in [0.05, 0.1) is 11.5 Å². The van der Waals surface area contributed by atoms with Crippen molar-refractivity contribution >= 4 is 17.3 Å². The van der Waals surface area contributed by atoms with Gasteiger partial charge in [0.15, 0.2) is 5.82 Å². The van der Waals surface area contributed by atoms with Crippen molar-refractivity contribution in [3.63, 3.8) is 0 Å². The molecule has 0 radical (unpaired) electrons. The predicted molar refractivity (Wildman–Crippen MR) is 63.4 cm³/mol. The van der Waals surface area contributed by atoms with Crippen molar-refractivity contribution in [1.82, 2.24) is 15.0 Å². The minimum absolute atomic E-state index is 0.102. The fraction of sp³-hybridized carbons (Fsp3) is 0.200. The van der Waals surface area contributed by atoms with Crippen LogP contribution in [0.15, 0.2) is 12.1 Å². The molecule has 0 aliphatic carbocycles. The molecular formula is C10H9N5OS. The molecule has 0 saturated heterocycles. The van der Waals surface area contributed by atoms with Crippen LogP contribution in [-0.2, 0) is 0 Å². The molecule has 0 bridgehead atoms. The smallest absolute Gasteiger partial charge is 0.321 e. The zero-order valence-electron chi connectivity index (χ0n) is 9.04. The first kappa shape index (κ1) is 11.3. The Morgan fingerprint density at radius 3 is 2.88 bits per heavy atom. The molecule has 0 aliphatic heterocycles. The number of nitrogens with two attached hydrogens (primary N) is 1. The van der Waals surface area contributed by atoms with Gasteiger partial charge >= 0.3 is 6.01 Å². The summed E-state index contributed by atoms with van der Waals surface area (Å²) in [5.41, 5.74) is 5.56. The van der Waals surface area contributed by atoms with Gasteiger partial charge in [0.25, 0.3) is 0 Å². The average molecular weight is 247 g/mol. The van der Waals surface area contributed by atoms with E-state index in [0.717, 1.165) is 4.88 Å². The normalized spacial score (nSPS) is 9.88. The lowest BCUT2D eigenvalue weighted by Gasteiger charge is -2.03. The second kappa shape index (κ2) is 4.76. The van der Waals surface area contributed by atoms with Gasteiger partial charge in [-0.05, 0) is 19.1 Å². The van der Waals surface area contributed by atoms with Crippen molar-refractivity contribution in [2.24, 2.45) is 0 Å². The second-order valence-electron chi connectivity index (χ2n) is 3.01. The molecule has 0 atom stereocenters. The monoisotopic (exact) mass is 247 g/mol. The van der Waals surface area contributed by atoms with Crippen LogP contribution < -0.4 is 10.5 Å². The van der Waals surface area contributed by atoms with Crippen molar-refractivity contribution in [3.8, 4) is 22.8 Å². The topological polar surface area (TPSA) is 97.7 Å². The summed E-state index contributed by atoms with van der Waals surface area (Å²) < 4.78 is 5.18. The molecule has 0 spiro atoms. The van der Waals surface area contributed by atoms with E-state index in [-0.39, 0.29) is 12.0 Å². The standard InChI is InChI=1S/C10H9N5OS/c1-2-16-10-14-8(13-9(12)15-10)7-4-3-6(5-11)17-7/h3-4H,2H2,1H3,(H2,12,13,14,15). The molecule has 0 unspecified atom stereocenters. The molecule has 0 aliphatic rings. The minimum atomic E-state index is 0.102. The Bertz CT molecular complexity index is 574. The summed E-state index contributed by atoms with van der Waals surface area (Å²) in [5.74, 6) is 0.526. The van der Waals surface area contributed by atoms with Crippen LogP contribution >= 0.6 is 11.3 Å². The van der Waals surface area contributed by atoms with E-state index in [1.165, 1.54) is 11.3 Å². The van der Waals surface area contributed by atoms with Crippen molar-refractivity contribution in [2.75, 3.05) is 12.3 Å². The molecule has 2 aromatic heterocycles.